The summed E-state index contributed by atoms with van der Waals surface area (Å²) >= 11 is 3.33. The zero-order valence-electron chi connectivity index (χ0n) is 33.7. The molecular formula is C40H55BrN8O6. The van der Waals surface area contributed by atoms with Crippen LogP contribution in [0.2, 0.25) is 0 Å². The summed E-state index contributed by atoms with van der Waals surface area (Å²) in [7, 11) is 3.40. The molecule has 0 spiro atoms. The largest absolute Gasteiger partial charge is 0.464 e. The van der Waals surface area contributed by atoms with Crippen LogP contribution in [0.1, 0.15) is 90.1 Å². The number of ether oxygens (including phenoxy) is 3. The first kappa shape index (κ1) is 41.8. The minimum Gasteiger partial charge on any atom is -0.464 e. The SMILES string of the molecule is CCn1c(-c2cccnc2[C@H](C)OC)c(CC(C)(C)COC(=O)[C@@H]2CCCN(C(=O)[C@H](Cc3nc(Br)n(C)n3)NC(=O)OC(C)(C)C)N2)c2cc(C)ccc21. The minimum atomic E-state index is -1.05. The maximum absolute atomic E-state index is 13.9. The molecule has 55 heavy (non-hydrogen) atoms. The van der Waals surface area contributed by atoms with Crippen molar-refractivity contribution in [3.8, 4) is 11.3 Å². The second-order valence-electron chi connectivity index (χ2n) is 16.0. The number of nitrogens with one attached hydrogen (secondary N) is 2. The number of carbonyl (C=O) groups is 3. The van der Waals surface area contributed by atoms with Crippen molar-refractivity contribution in [3.05, 3.63) is 63.9 Å². The van der Waals surface area contributed by atoms with E-state index in [1.165, 1.54) is 9.69 Å². The van der Waals surface area contributed by atoms with E-state index < -0.39 is 41.1 Å². The van der Waals surface area contributed by atoms with Gasteiger partial charge in [-0.3, -0.25) is 19.6 Å². The van der Waals surface area contributed by atoms with Gasteiger partial charge in [-0.2, -0.15) is 5.10 Å². The van der Waals surface area contributed by atoms with Gasteiger partial charge in [0.15, 0.2) is 10.6 Å². The molecule has 0 radical (unpaired) electrons. The number of fused-ring (bicyclic) bond motifs is 1. The molecule has 15 heteroatoms. The van der Waals surface area contributed by atoms with Gasteiger partial charge in [0.05, 0.1) is 24.1 Å². The zero-order valence-corrected chi connectivity index (χ0v) is 35.2. The molecule has 3 atom stereocenters. The Morgan fingerprint density at radius 1 is 1.15 bits per heavy atom. The molecule has 2 amide bonds. The molecule has 14 nitrogen and oxygen atoms in total. The second-order valence-corrected chi connectivity index (χ2v) is 16.7. The van der Waals surface area contributed by atoms with E-state index in [2.05, 4.69) is 93.3 Å². The summed E-state index contributed by atoms with van der Waals surface area (Å²) in [6.07, 6.45) is 2.51. The number of aryl methyl sites for hydroxylation is 3. The van der Waals surface area contributed by atoms with Gasteiger partial charge in [-0.25, -0.2) is 19.9 Å². The van der Waals surface area contributed by atoms with E-state index in [1.807, 2.05) is 13.0 Å². The molecule has 4 aromatic rings. The Balaban J connectivity index is 1.33. The molecule has 1 aliphatic heterocycles. The van der Waals surface area contributed by atoms with Crippen LogP contribution >= 0.6 is 15.9 Å². The number of alkyl carbamates (subject to hydrolysis) is 1. The number of nitrogens with zero attached hydrogens (tertiary/aromatic N) is 6. The van der Waals surface area contributed by atoms with Gasteiger partial charge >= 0.3 is 12.1 Å². The quantitative estimate of drug-likeness (QED) is 0.145. The number of methoxy groups -OCH3 is 1. The predicted molar refractivity (Wildman–Crippen MR) is 213 cm³/mol. The highest BCUT2D eigenvalue weighted by atomic mass is 79.9. The fourth-order valence-electron chi connectivity index (χ4n) is 6.94. The van der Waals surface area contributed by atoms with Gasteiger partial charge in [-0.15, -0.1) is 0 Å². The fraction of sp³-hybridized carbons (Fsp3) is 0.550. The Labute approximate surface area is 331 Å². The van der Waals surface area contributed by atoms with Crippen molar-refractivity contribution < 1.29 is 28.6 Å². The van der Waals surface area contributed by atoms with Crippen LogP contribution in [-0.4, -0.2) is 85.2 Å². The second kappa shape index (κ2) is 17.2. The van der Waals surface area contributed by atoms with Gasteiger partial charge in [0.2, 0.25) is 0 Å². The van der Waals surface area contributed by atoms with Gasteiger partial charge in [0.1, 0.15) is 17.7 Å². The monoisotopic (exact) mass is 822 g/mol. The van der Waals surface area contributed by atoms with Crippen molar-refractivity contribution in [2.45, 2.75) is 111 Å². The van der Waals surface area contributed by atoms with E-state index in [1.54, 1.807) is 41.1 Å². The normalized spacial score (nSPS) is 16.2. The summed E-state index contributed by atoms with van der Waals surface area (Å²) in [4.78, 5) is 49.5. The van der Waals surface area contributed by atoms with E-state index in [9.17, 15) is 14.4 Å². The third-order valence-electron chi connectivity index (χ3n) is 9.60. The van der Waals surface area contributed by atoms with Crippen LogP contribution in [0.25, 0.3) is 22.2 Å². The molecule has 0 saturated carbocycles. The third-order valence-corrected chi connectivity index (χ3v) is 10.3. The Hall–Kier alpha value is -4.34. The van der Waals surface area contributed by atoms with Gasteiger partial charge in [-0.05, 0) is 107 Å². The molecule has 1 saturated heterocycles. The summed E-state index contributed by atoms with van der Waals surface area (Å²) in [5.74, 6) is -0.541. The molecule has 1 fully saturated rings. The maximum atomic E-state index is 13.9. The number of amides is 2. The number of benzene rings is 1. The zero-order chi connectivity index (χ0) is 40.2. The summed E-state index contributed by atoms with van der Waals surface area (Å²) in [6, 6.07) is 8.77. The molecule has 2 N–H and O–H groups in total. The number of hydrogen-bond acceptors (Lipinski definition) is 10. The number of carbonyl (C=O) groups excluding carboxylic acids is 3. The van der Waals surface area contributed by atoms with Gasteiger partial charge < -0.3 is 24.1 Å². The molecular weight excluding hydrogens is 768 g/mol. The van der Waals surface area contributed by atoms with Crippen LogP contribution in [0.5, 0.6) is 0 Å². The van der Waals surface area contributed by atoms with Crippen LogP contribution in [0, 0.1) is 12.3 Å². The molecule has 5 rings (SSSR count). The lowest BCUT2D eigenvalue weighted by Gasteiger charge is -2.35. The average Bonchev–Trinajstić information content (AvgIpc) is 3.61. The molecule has 0 aliphatic carbocycles. The van der Waals surface area contributed by atoms with Crippen molar-refractivity contribution in [1.82, 2.24) is 40.1 Å². The van der Waals surface area contributed by atoms with Crippen molar-refractivity contribution in [3.63, 3.8) is 0 Å². The van der Waals surface area contributed by atoms with E-state index in [-0.39, 0.29) is 19.1 Å². The maximum Gasteiger partial charge on any atom is 0.408 e. The lowest BCUT2D eigenvalue weighted by Crippen LogP contribution is -2.60. The van der Waals surface area contributed by atoms with Crippen LogP contribution in [0.15, 0.2) is 41.3 Å². The smallest absolute Gasteiger partial charge is 0.408 e. The van der Waals surface area contributed by atoms with Crippen LogP contribution in [-0.2, 0) is 50.2 Å². The fourth-order valence-corrected chi connectivity index (χ4v) is 7.23. The number of halogens is 1. The molecule has 1 aliphatic rings. The predicted octanol–water partition coefficient (Wildman–Crippen LogP) is 6.37. The molecule has 3 aromatic heterocycles. The number of hydrogen-bond donors (Lipinski definition) is 2. The van der Waals surface area contributed by atoms with Crippen LogP contribution in [0.3, 0.4) is 0 Å². The molecule has 0 bridgehead atoms. The van der Waals surface area contributed by atoms with Crippen molar-refractivity contribution >= 4 is 44.8 Å². The van der Waals surface area contributed by atoms with Crippen molar-refractivity contribution in [2.24, 2.45) is 12.5 Å². The number of esters is 1. The first-order valence-electron chi connectivity index (χ1n) is 18.8. The minimum absolute atomic E-state index is 0.0138. The number of pyridine rings is 1. The van der Waals surface area contributed by atoms with E-state index in [4.69, 9.17) is 19.2 Å². The Morgan fingerprint density at radius 2 is 1.89 bits per heavy atom. The summed E-state index contributed by atoms with van der Waals surface area (Å²) < 4.78 is 21.6. The van der Waals surface area contributed by atoms with E-state index in [0.717, 1.165) is 45.5 Å². The molecule has 298 valence electrons. The molecule has 0 unspecified atom stereocenters. The number of hydrazine groups is 1. The summed E-state index contributed by atoms with van der Waals surface area (Å²) in [5.41, 5.74) is 8.24. The Bertz CT molecular complexity index is 2000. The van der Waals surface area contributed by atoms with Crippen LogP contribution < -0.4 is 10.7 Å². The number of rotatable bonds is 13. The number of aromatic nitrogens is 5. The first-order valence-corrected chi connectivity index (χ1v) is 19.6. The first-order chi connectivity index (χ1) is 25.9. The van der Waals surface area contributed by atoms with Crippen molar-refractivity contribution in [1.29, 1.82) is 0 Å². The molecule has 4 heterocycles. The highest BCUT2D eigenvalue weighted by Gasteiger charge is 2.36. The highest BCUT2D eigenvalue weighted by Crippen LogP contribution is 2.40. The van der Waals surface area contributed by atoms with Gasteiger partial charge in [0.25, 0.3) is 5.91 Å². The van der Waals surface area contributed by atoms with E-state index >= 15 is 0 Å². The molecule has 1 aromatic carbocycles. The lowest BCUT2D eigenvalue weighted by molar-refractivity contribution is -0.155. The Kier molecular flexibility index (Phi) is 13.1. The standard InChI is InChI=1S/C40H55BrN8O6/c1-11-48-31-17-16-24(2)20-27(31)28(34(48)26-14-12-18-42-33(26)25(3)53-10)22-40(7,8)23-54-36(51)29-15-13-19-49(45-29)35(50)30(43-38(52)55-39(4,5)6)21-32-44-37(41)47(9)46-32/h12,14,16-18,20,25,29-30,45H,11,13,15,19,21-23H2,1-10H3,(H,43,52)/t25-,29-,30-/m0/s1. The van der Waals surface area contributed by atoms with E-state index in [0.29, 0.717) is 36.4 Å². The van der Waals surface area contributed by atoms with Crippen LogP contribution in [0.4, 0.5) is 4.79 Å². The lowest BCUT2D eigenvalue weighted by atomic mass is 9.84. The summed E-state index contributed by atoms with van der Waals surface area (Å²) in [5, 5.41) is 9.55. The summed E-state index contributed by atoms with van der Waals surface area (Å²) in [6.45, 7) is 16.9. The highest BCUT2D eigenvalue weighted by molar-refractivity contribution is 9.10. The third kappa shape index (κ3) is 10.1. The average molecular weight is 824 g/mol. The Morgan fingerprint density at radius 3 is 2.55 bits per heavy atom. The van der Waals surface area contributed by atoms with Gasteiger partial charge in [-0.1, -0.05) is 25.5 Å². The van der Waals surface area contributed by atoms with Crippen molar-refractivity contribution in [2.75, 3.05) is 20.3 Å². The van der Waals surface area contributed by atoms with Gasteiger partial charge in [0, 0.05) is 61.7 Å². The topological polar surface area (TPSA) is 155 Å².